The number of aliphatic hydroxyl groups is 1. The molecule has 2 atom stereocenters. The lowest BCUT2D eigenvalue weighted by molar-refractivity contribution is 0.111. The van der Waals surface area contributed by atoms with Crippen LogP contribution in [0, 0.1) is 30.0 Å². The molecule has 104 valence electrons. The summed E-state index contributed by atoms with van der Waals surface area (Å²) in [5, 5.41) is 19.1. The number of nitriles is 1. The Bertz CT molecular complexity index is 456. The molecule has 1 N–H and O–H groups in total. The van der Waals surface area contributed by atoms with Crippen molar-refractivity contribution in [1.82, 2.24) is 4.90 Å². The molecule has 0 heterocycles. The number of aliphatic hydroxyl groups excluding tert-OH is 1. The fourth-order valence-electron chi connectivity index (χ4n) is 2.12. The number of likely N-dealkylation sites (N-methyl/N-ethyl adjacent to an activating group) is 1. The molecule has 0 saturated carbocycles. The smallest absolute Gasteiger partial charge is 0.123 e. The highest BCUT2D eigenvalue weighted by Gasteiger charge is 2.16. The van der Waals surface area contributed by atoms with E-state index in [2.05, 4.69) is 6.07 Å². The predicted molar refractivity (Wildman–Crippen MR) is 73.0 cm³/mol. The number of benzene rings is 1. The van der Waals surface area contributed by atoms with Gasteiger partial charge >= 0.3 is 0 Å². The van der Waals surface area contributed by atoms with Crippen LogP contribution in [0.2, 0.25) is 0 Å². The number of nitrogens with zero attached hydrogens (tertiary/aromatic N) is 2. The van der Waals surface area contributed by atoms with Gasteiger partial charge < -0.3 is 5.11 Å². The lowest BCUT2D eigenvalue weighted by Gasteiger charge is -2.25. The molecule has 0 saturated heterocycles. The normalized spacial score (nSPS) is 14.2. The van der Waals surface area contributed by atoms with E-state index in [9.17, 15) is 9.50 Å². The van der Waals surface area contributed by atoms with Gasteiger partial charge in [-0.1, -0.05) is 13.0 Å². The zero-order valence-electron chi connectivity index (χ0n) is 11.7. The Kier molecular flexibility index (Phi) is 5.94. The van der Waals surface area contributed by atoms with Gasteiger partial charge in [-0.15, -0.1) is 0 Å². The summed E-state index contributed by atoms with van der Waals surface area (Å²) in [6.07, 6.45) is -0.661. The van der Waals surface area contributed by atoms with E-state index < -0.39 is 6.10 Å². The molecule has 0 amide bonds. The van der Waals surface area contributed by atoms with Crippen LogP contribution in [0.5, 0.6) is 0 Å². The first-order chi connectivity index (χ1) is 8.97. The number of aryl methyl sites for hydroxylation is 1. The fourth-order valence-corrected chi connectivity index (χ4v) is 2.12. The number of rotatable bonds is 6. The van der Waals surface area contributed by atoms with Crippen molar-refractivity contribution in [2.45, 2.75) is 26.9 Å². The molecular formula is C15H21FN2O. The molecular weight excluding hydrogens is 243 g/mol. The Morgan fingerprint density at radius 1 is 1.42 bits per heavy atom. The number of hydrogen-bond donors (Lipinski definition) is 1. The molecule has 2 unspecified atom stereocenters. The maximum atomic E-state index is 13.0. The number of halogens is 1. The fraction of sp³-hybridized carbons (Fsp3) is 0.533. The van der Waals surface area contributed by atoms with Crippen molar-refractivity contribution in [1.29, 1.82) is 5.26 Å². The van der Waals surface area contributed by atoms with Gasteiger partial charge in [-0.05, 0) is 43.7 Å². The first kappa shape index (κ1) is 15.6. The van der Waals surface area contributed by atoms with Crippen LogP contribution < -0.4 is 0 Å². The van der Waals surface area contributed by atoms with Gasteiger partial charge in [0.25, 0.3) is 0 Å². The first-order valence-corrected chi connectivity index (χ1v) is 6.54. The second-order valence-corrected chi connectivity index (χ2v) is 4.90. The summed E-state index contributed by atoms with van der Waals surface area (Å²) in [7, 11) is 0. The van der Waals surface area contributed by atoms with Crippen molar-refractivity contribution in [3.63, 3.8) is 0 Å². The molecule has 0 radical (unpaired) electrons. The van der Waals surface area contributed by atoms with E-state index in [1.165, 1.54) is 12.1 Å². The maximum absolute atomic E-state index is 13.0. The molecule has 0 fully saturated rings. The predicted octanol–water partition coefficient (Wildman–Crippen LogP) is 2.65. The van der Waals surface area contributed by atoms with E-state index in [-0.39, 0.29) is 11.7 Å². The minimum absolute atomic E-state index is 0.0681. The molecule has 0 aliphatic heterocycles. The topological polar surface area (TPSA) is 47.3 Å². The summed E-state index contributed by atoms with van der Waals surface area (Å²) in [5.41, 5.74) is 1.49. The van der Waals surface area contributed by atoms with Crippen molar-refractivity contribution in [2.75, 3.05) is 19.6 Å². The average molecular weight is 264 g/mol. The van der Waals surface area contributed by atoms with Crippen molar-refractivity contribution >= 4 is 0 Å². The standard InChI is InChI=1S/C15H21FN2O/c1-4-18(9-11(2)8-17)10-15(19)14-6-5-13(16)7-12(14)3/h5-7,11,15,19H,4,9-10H2,1-3H3. The van der Waals surface area contributed by atoms with Crippen LogP contribution >= 0.6 is 0 Å². The van der Waals surface area contributed by atoms with E-state index in [0.29, 0.717) is 13.1 Å². The molecule has 0 aromatic heterocycles. The summed E-state index contributed by atoms with van der Waals surface area (Å²) in [6, 6.07) is 6.59. The Hall–Kier alpha value is -1.44. The summed E-state index contributed by atoms with van der Waals surface area (Å²) >= 11 is 0. The average Bonchev–Trinajstić information content (AvgIpc) is 2.37. The molecule has 0 spiro atoms. The summed E-state index contributed by atoms with van der Waals surface area (Å²) in [6.45, 7) is 7.49. The first-order valence-electron chi connectivity index (χ1n) is 6.54. The maximum Gasteiger partial charge on any atom is 0.123 e. The van der Waals surface area contributed by atoms with Gasteiger partial charge in [-0.25, -0.2) is 4.39 Å². The molecule has 1 rings (SSSR count). The van der Waals surface area contributed by atoms with Crippen LogP contribution in [0.15, 0.2) is 18.2 Å². The van der Waals surface area contributed by atoms with E-state index >= 15 is 0 Å². The minimum atomic E-state index is -0.661. The molecule has 0 bridgehead atoms. The van der Waals surface area contributed by atoms with Gasteiger partial charge in [0.15, 0.2) is 0 Å². The lowest BCUT2D eigenvalue weighted by Crippen LogP contribution is -2.32. The second kappa shape index (κ2) is 7.22. The third kappa shape index (κ3) is 4.62. The minimum Gasteiger partial charge on any atom is -0.387 e. The van der Waals surface area contributed by atoms with Crippen molar-refractivity contribution < 1.29 is 9.50 Å². The largest absolute Gasteiger partial charge is 0.387 e. The van der Waals surface area contributed by atoms with E-state index in [4.69, 9.17) is 5.26 Å². The molecule has 3 nitrogen and oxygen atoms in total. The van der Waals surface area contributed by atoms with Gasteiger partial charge in [0, 0.05) is 13.1 Å². The SMILES string of the molecule is CCN(CC(C)C#N)CC(O)c1ccc(F)cc1C. The van der Waals surface area contributed by atoms with Gasteiger partial charge in [0.2, 0.25) is 0 Å². The third-order valence-electron chi connectivity index (χ3n) is 3.22. The van der Waals surface area contributed by atoms with Crippen molar-refractivity contribution in [3.05, 3.63) is 35.1 Å². The van der Waals surface area contributed by atoms with Gasteiger partial charge in [0.05, 0.1) is 18.1 Å². The van der Waals surface area contributed by atoms with Crippen LogP contribution in [-0.2, 0) is 0 Å². The lowest BCUT2D eigenvalue weighted by atomic mass is 10.0. The molecule has 0 aliphatic carbocycles. The monoisotopic (exact) mass is 264 g/mol. The van der Waals surface area contributed by atoms with Crippen LogP contribution in [-0.4, -0.2) is 29.6 Å². The Morgan fingerprint density at radius 2 is 2.11 bits per heavy atom. The quantitative estimate of drug-likeness (QED) is 0.859. The molecule has 0 aliphatic rings. The molecule has 1 aromatic rings. The van der Waals surface area contributed by atoms with Crippen molar-refractivity contribution in [3.8, 4) is 6.07 Å². The highest BCUT2D eigenvalue weighted by molar-refractivity contribution is 5.28. The van der Waals surface area contributed by atoms with Gasteiger partial charge in [-0.2, -0.15) is 5.26 Å². The third-order valence-corrected chi connectivity index (χ3v) is 3.22. The van der Waals surface area contributed by atoms with E-state index in [0.717, 1.165) is 17.7 Å². The van der Waals surface area contributed by atoms with Crippen LogP contribution in [0.3, 0.4) is 0 Å². The summed E-state index contributed by atoms with van der Waals surface area (Å²) < 4.78 is 13.0. The highest BCUT2D eigenvalue weighted by atomic mass is 19.1. The highest BCUT2D eigenvalue weighted by Crippen LogP contribution is 2.20. The molecule has 1 aromatic carbocycles. The van der Waals surface area contributed by atoms with Gasteiger partial charge in [-0.3, -0.25) is 4.90 Å². The van der Waals surface area contributed by atoms with Gasteiger partial charge in [0.1, 0.15) is 5.82 Å². The Balaban J connectivity index is 2.72. The van der Waals surface area contributed by atoms with Crippen LogP contribution in [0.25, 0.3) is 0 Å². The van der Waals surface area contributed by atoms with Crippen LogP contribution in [0.4, 0.5) is 4.39 Å². The zero-order valence-corrected chi connectivity index (χ0v) is 11.7. The van der Waals surface area contributed by atoms with E-state index in [1.54, 1.807) is 13.0 Å². The Labute approximate surface area is 114 Å². The molecule has 4 heteroatoms. The van der Waals surface area contributed by atoms with Crippen molar-refractivity contribution in [2.24, 2.45) is 5.92 Å². The summed E-state index contributed by atoms with van der Waals surface area (Å²) in [4.78, 5) is 2.03. The zero-order chi connectivity index (χ0) is 14.4. The molecule has 19 heavy (non-hydrogen) atoms. The Morgan fingerprint density at radius 3 is 2.63 bits per heavy atom. The number of hydrogen-bond acceptors (Lipinski definition) is 3. The summed E-state index contributed by atoms with van der Waals surface area (Å²) in [5.74, 6) is -0.361. The second-order valence-electron chi connectivity index (χ2n) is 4.90. The van der Waals surface area contributed by atoms with E-state index in [1.807, 2.05) is 18.7 Å². The van der Waals surface area contributed by atoms with Crippen LogP contribution in [0.1, 0.15) is 31.1 Å².